The molecule has 0 aliphatic carbocycles. The minimum Gasteiger partial charge on any atom is -0.326 e. The number of carbonyl (C=O) groups is 3. The molecule has 0 radical (unpaired) electrons. The zero-order chi connectivity index (χ0) is 18.9. The van der Waals surface area contributed by atoms with E-state index in [-0.39, 0.29) is 12.3 Å². The molecule has 0 aliphatic rings. The number of nitrogens with zero attached hydrogens (tertiary/aromatic N) is 1. The molecule has 0 aromatic heterocycles. The van der Waals surface area contributed by atoms with E-state index in [0.717, 1.165) is 0 Å². The number of amides is 3. The van der Waals surface area contributed by atoms with Crippen molar-refractivity contribution < 1.29 is 18.8 Å². The van der Waals surface area contributed by atoms with Crippen molar-refractivity contribution in [3.8, 4) is 0 Å². The van der Waals surface area contributed by atoms with Crippen LogP contribution >= 0.6 is 0 Å². The van der Waals surface area contributed by atoms with Crippen molar-refractivity contribution in [3.05, 3.63) is 60.4 Å². The Morgan fingerprint density at radius 1 is 0.885 bits per heavy atom. The Balaban J connectivity index is 1.81. The molecule has 0 bridgehead atoms. The van der Waals surface area contributed by atoms with Gasteiger partial charge in [-0.1, -0.05) is 18.2 Å². The van der Waals surface area contributed by atoms with Gasteiger partial charge in [0.05, 0.1) is 6.42 Å². The van der Waals surface area contributed by atoms with Crippen LogP contribution < -0.4 is 16.1 Å². The maximum Gasteiger partial charge on any atom is 0.329 e. The van der Waals surface area contributed by atoms with Crippen molar-refractivity contribution in [2.75, 3.05) is 10.6 Å². The van der Waals surface area contributed by atoms with Crippen molar-refractivity contribution in [2.24, 2.45) is 5.10 Å². The molecular formula is C18H17FN4O3. The molecule has 7 nitrogen and oxygen atoms in total. The lowest BCUT2D eigenvalue weighted by molar-refractivity contribution is -0.136. The predicted molar refractivity (Wildman–Crippen MR) is 96.0 cm³/mol. The van der Waals surface area contributed by atoms with Gasteiger partial charge in [0, 0.05) is 17.1 Å². The molecule has 0 saturated carbocycles. The number of hydrogen-bond donors (Lipinski definition) is 3. The summed E-state index contributed by atoms with van der Waals surface area (Å²) in [6, 6.07) is 13.8. The lowest BCUT2D eigenvalue weighted by atomic mass is 10.2. The molecule has 134 valence electrons. The Morgan fingerprint density at radius 3 is 2.15 bits per heavy atom. The Labute approximate surface area is 149 Å². The molecule has 0 aliphatic heterocycles. The molecule has 3 amide bonds. The van der Waals surface area contributed by atoms with Crippen LogP contribution in [-0.4, -0.2) is 23.4 Å². The van der Waals surface area contributed by atoms with Gasteiger partial charge in [0.15, 0.2) is 0 Å². The van der Waals surface area contributed by atoms with Crippen LogP contribution in [0.2, 0.25) is 0 Å². The highest BCUT2D eigenvalue weighted by atomic mass is 19.1. The smallest absolute Gasteiger partial charge is 0.326 e. The third-order valence-corrected chi connectivity index (χ3v) is 3.13. The number of hydrogen-bond acceptors (Lipinski definition) is 4. The number of anilines is 2. The van der Waals surface area contributed by atoms with Crippen molar-refractivity contribution in [1.82, 2.24) is 5.43 Å². The van der Waals surface area contributed by atoms with Gasteiger partial charge in [0.2, 0.25) is 5.91 Å². The summed E-state index contributed by atoms with van der Waals surface area (Å²) in [5.74, 6) is -2.62. The Kier molecular flexibility index (Phi) is 6.55. The van der Waals surface area contributed by atoms with E-state index in [2.05, 4.69) is 21.2 Å². The summed E-state index contributed by atoms with van der Waals surface area (Å²) in [6.45, 7) is 1.53. The maximum atomic E-state index is 12.8. The second-order valence-electron chi connectivity index (χ2n) is 5.34. The van der Waals surface area contributed by atoms with Gasteiger partial charge in [-0.15, -0.1) is 0 Å². The molecule has 0 saturated heterocycles. The average molecular weight is 356 g/mol. The van der Waals surface area contributed by atoms with E-state index in [1.165, 1.54) is 31.2 Å². The van der Waals surface area contributed by atoms with Gasteiger partial charge in [-0.05, 0) is 43.3 Å². The molecule has 2 aromatic rings. The van der Waals surface area contributed by atoms with E-state index in [1.807, 2.05) is 0 Å². The Bertz CT molecular complexity index is 820. The summed E-state index contributed by atoms with van der Waals surface area (Å²) in [6.07, 6.45) is -0.0992. The molecule has 0 heterocycles. The van der Waals surface area contributed by atoms with Gasteiger partial charge in [0.25, 0.3) is 0 Å². The first-order valence-corrected chi connectivity index (χ1v) is 7.69. The van der Waals surface area contributed by atoms with Gasteiger partial charge in [-0.2, -0.15) is 5.10 Å². The number of rotatable bonds is 5. The van der Waals surface area contributed by atoms with E-state index < -0.39 is 17.6 Å². The first-order chi connectivity index (χ1) is 12.4. The average Bonchev–Trinajstić information content (AvgIpc) is 2.62. The molecule has 0 unspecified atom stereocenters. The largest absolute Gasteiger partial charge is 0.329 e. The number of carbonyl (C=O) groups excluding carboxylic acids is 3. The summed E-state index contributed by atoms with van der Waals surface area (Å²) in [5, 5.41) is 8.70. The van der Waals surface area contributed by atoms with E-state index >= 15 is 0 Å². The van der Waals surface area contributed by atoms with Gasteiger partial charge in [0.1, 0.15) is 5.82 Å². The summed E-state index contributed by atoms with van der Waals surface area (Å²) in [5.41, 5.74) is 3.30. The van der Waals surface area contributed by atoms with Crippen LogP contribution in [0.15, 0.2) is 59.7 Å². The molecule has 8 heteroatoms. The van der Waals surface area contributed by atoms with Gasteiger partial charge in [-0.3, -0.25) is 14.4 Å². The number of nitrogens with one attached hydrogen (secondary N) is 3. The minimum absolute atomic E-state index is 0.0992. The number of para-hydroxylation sites is 1. The van der Waals surface area contributed by atoms with Gasteiger partial charge in [-0.25, -0.2) is 9.82 Å². The summed E-state index contributed by atoms with van der Waals surface area (Å²) >= 11 is 0. The molecule has 2 rings (SSSR count). The topological polar surface area (TPSA) is 99.7 Å². The first kappa shape index (κ1) is 18.8. The molecule has 0 spiro atoms. The second-order valence-corrected chi connectivity index (χ2v) is 5.34. The monoisotopic (exact) mass is 356 g/mol. The van der Waals surface area contributed by atoms with Gasteiger partial charge < -0.3 is 10.6 Å². The standard InChI is InChI=1S/C18H17FN4O3/c1-12(11-16(24)20-15-9-7-13(19)8-10-15)22-23-18(26)17(25)21-14-5-3-2-4-6-14/h2-10H,11H2,1H3,(H,20,24)(H,21,25)(H,23,26)/b22-12+. The molecule has 0 atom stereocenters. The minimum atomic E-state index is -0.952. The van der Waals surface area contributed by atoms with E-state index in [0.29, 0.717) is 17.1 Å². The number of hydrazone groups is 1. The van der Waals surface area contributed by atoms with Crippen LogP contribution in [0.3, 0.4) is 0 Å². The fourth-order valence-corrected chi connectivity index (χ4v) is 1.92. The molecule has 0 fully saturated rings. The molecule has 3 N–H and O–H groups in total. The van der Waals surface area contributed by atoms with Crippen LogP contribution in [0.1, 0.15) is 13.3 Å². The summed E-state index contributed by atoms with van der Waals surface area (Å²) < 4.78 is 12.8. The van der Waals surface area contributed by atoms with E-state index in [9.17, 15) is 18.8 Å². The molecule has 26 heavy (non-hydrogen) atoms. The van der Waals surface area contributed by atoms with Gasteiger partial charge >= 0.3 is 11.8 Å². The predicted octanol–water partition coefficient (Wildman–Crippen LogP) is 2.29. The number of benzene rings is 2. The summed E-state index contributed by atoms with van der Waals surface area (Å²) in [7, 11) is 0. The van der Waals surface area contributed by atoms with Crippen LogP contribution in [-0.2, 0) is 14.4 Å². The highest BCUT2D eigenvalue weighted by molar-refractivity contribution is 6.39. The molecular weight excluding hydrogens is 339 g/mol. The van der Waals surface area contributed by atoms with Crippen LogP contribution in [0.5, 0.6) is 0 Å². The Hall–Kier alpha value is -3.55. The van der Waals surface area contributed by atoms with Crippen LogP contribution in [0.4, 0.5) is 15.8 Å². The fourth-order valence-electron chi connectivity index (χ4n) is 1.92. The lowest BCUT2D eigenvalue weighted by Gasteiger charge is -2.06. The van der Waals surface area contributed by atoms with E-state index in [4.69, 9.17) is 0 Å². The highest BCUT2D eigenvalue weighted by Gasteiger charge is 2.13. The van der Waals surface area contributed by atoms with Crippen LogP contribution in [0, 0.1) is 5.82 Å². The van der Waals surface area contributed by atoms with Crippen molar-refractivity contribution in [2.45, 2.75) is 13.3 Å². The third kappa shape index (κ3) is 6.16. The zero-order valence-corrected chi connectivity index (χ0v) is 14.0. The van der Waals surface area contributed by atoms with Crippen molar-refractivity contribution in [1.29, 1.82) is 0 Å². The quantitative estimate of drug-likeness (QED) is 0.435. The normalized spacial score (nSPS) is 10.8. The highest BCUT2D eigenvalue weighted by Crippen LogP contribution is 2.08. The Morgan fingerprint density at radius 2 is 1.50 bits per heavy atom. The number of halogens is 1. The van der Waals surface area contributed by atoms with Crippen LogP contribution in [0.25, 0.3) is 0 Å². The van der Waals surface area contributed by atoms with Crippen molar-refractivity contribution in [3.63, 3.8) is 0 Å². The fraction of sp³-hybridized carbons (Fsp3) is 0.111. The maximum absolute atomic E-state index is 12.8. The summed E-state index contributed by atoms with van der Waals surface area (Å²) in [4.78, 5) is 35.3. The lowest BCUT2D eigenvalue weighted by Crippen LogP contribution is -2.33. The first-order valence-electron chi connectivity index (χ1n) is 7.69. The third-order valence-electron chi connectivity index (χ3n) is 3.13. The van der Waals surface area contributed by atoms with E-state index in [1.54, 1.807) is 30.3 Å². The second kappa shape index (κ2) is 9.07. The zero-order valence-electron chi connectivity index (χ0n) is 14.0. The van der Waals surface area contributed by atoms with Crippen molar-refractivity contribution >= 4 is 34.8 Å². The molecule has 2 aromatic carbocycles. The SMILES string of the molecule is C/C(CC(=O)Nc1ccc(F)cc1)=N\NC(=O)C(=O)Nc1ccccc1.